The van der Waals surface area contributed by atoms with E-state index in [1.54, 1.807) is 0 Å². The van der Waals surface area contributed by atoms with Gasteiger partial charge >= 0.3 is 0 Å². The molecule has 1 nitrogen and oxygen atoms in total. The second kappa shape index (κ2) is 3.60. The molecule has 4 heteroatoms. The number of alkyl halides is 2. The van der Waals surface area contributed by atoms with Crippen LogP contribution in [0.15, 0.2) is 24.3 Å². The van der Waals surface area contributed by atoms with Gasteiger partial charge in [-0.1, -0.05) is 23.7 Å². The van der Waals surface area contributed by atoms with Crippen LogP contribution in [-0.2, 0) is 5.60 Å². The van der Waals surface area contributed by atoms with Crippen LogP contribution < -0.4 is 0 Å². The van der Waals surface area contributed by atoms with E-state index < -0.39 is 12.0 Å². The SMILES string of the molecule is CC(O)(c1ccc(Cl)cc1)C(F)F. The van der Waals surface area contributed by atoms with Crippen LogP contribution in [0.3, 0.4) is 0 Å². The zero-order valence-corrected chi connectivity index (χ0v) is 7.72. The maximum absolute atomic E-state index is 12.3. The van der Waals surface area contributed by atoms with Crippen molar-refractivity contribution in [3.05, 3.63) is 34.9 Å². The molecule has 13 heavy (non-hydrogen) atoms. The van der Waals surface area contributed by atoms with Gasteiger partial charge in [-0.3, -0.25) is 0 Å². The number of hydrogen-bond donors (Lipinski definition) is 1. The van der Waals surface area contributed by atoms with Crippen LogP contribution in [0.2, 0.25) is 5.02 Å². The van der Waals surface area contributed by atoms with E-state index in [2.05, 4.69) is 0 Å². The fourth-order valence-electron chi connectivity index (χ4n) is 0.913. The smallest absolute Gasteiger partial charge is 0.270 e. The van der Waals surface area contributed by atoms with Crippen molar-refractivity contribution in [1.29, 1.82) is 0 Å². The number of aliphatic hydroxyl groups is 1. The molecule has 1 aromatic carbocycles. The maximum atomic E-state index is 12.3. The summed E-state index contributed by atoms with van der Waals surface area (Å²) in [5.41, 5.74) is -1.95. The summed E-state index contributed by atoms with van der Waals surface area (Å²) in [5.74, 6) is 0. The molecule has 0 aromatic heterocycles. The Hall–Kier alpha value is -0.670. The Balaban J connectivity index is 3.01. The van der Waals surface area contributed by atoms with Crippen molar-refractivity contribution in [3.8, 4) is 0 Å². The summed E-state index contributed by atoms with van der Waals surface area (Å²) in [4.78, 5) is 0. The third kappa shape index (κ3) is 2.17. The van der Waals surface area contributed by atoms with Gasteiger partial charge < -0.3 is 5.11 Å². The van der Waals surface area contributed by atoms with Gasteiger partial charge in [0, 0.05) is 5.02 Å². The Labute approximate surface area is 80.0 Å². The van der Waals surface area contributed by atoms with E-state index >= 15 is 0 Å². The van der Waals surface area contributed by atoms with Crippen molar-refractivity contribution >= 4 is 11.6 Å². The Kier molecular flexibility index (Phi) is 2.88. The van der Waals surface area contributed by atoms with Gasteiger partial charge in [-0.15, -0.1) is 0 Å². The second-order valence-electron chi connectivity index (χ2n) is 2.96. The first-order valence-electron chi connectivity index (χ1n) is 3.71. The van der Waals surface area contributed by atoms with Crippen molar-refractivity contribution < 1.29 is 13.9 Å². The van der Waals surface area contributed by atoms with Gasteiger partial charge in [-0.2, -0.15) is 0 Å². The maximum Gasteiger partial charge on any atom is 0.270 e. The highest BCUT2D eigenvalue weighted by atomic mass is 35.5. The van der Waals surface area contributed by atoms with Crippen LogP contribution in [0.4, 0.5) is 8.78 Å². The first kappa shape index (κ1) is 10.4. The van der Waals surface area contributed by atoms with Crippen molar-refractivity contribution in [2.24, 2.45) is 0 Å². The topological polar surface area (TPSA) is 20.2 Å². The lowest BCUT2D eigenvalue weighted by atomic mass is 9.97. The molecule has 1 N–H and O–H groups in total. The minimum absolute atomic E-state index is 0.159. The van der Waals surface area contributed by atoms with Crippen LogP contribution in [0, 0.1) is 0 Å². The molecule has 0 saturated carbocycles. The van der Waals surface area contributed by atoms with E-state index in [9.17, 15) is 13.9 Å². The highest BCUT2D eigenvalue weighted by Gasteiger charge is 2.33. The van der Waals surface area contributed by atoms with Crippen LogP contribution >= 0.6 is 11.6 Å². The van der Waals surface area contributed by atoms with E-state index in [4.69, 9.17) is 11.6 Å². The third-order valence-electron chi connectivity index (χ3n) is 1.85. The molecular formula is C9H9ClF2O. The van der Waals surface area contributed by atoms with Gasteiger partial charge in [0.1, 0.15) is 5.60 Å². The van der Waals surface area contributed by atoms with Crippen molar-refractivity contribution in [2.45, 2.75) is 19.0 Å². The first-order valence-corrected chi connectivity index (χ1v) is 4.09. The van der Waals surface area contributed by atoms with E-state index in [0.717, 1.165) is 6.92 Å². The lowest BCUT2D eigenvalue weighted by Crippen LogP contribution is -2.30. The summed E-state index contributed by atoms with van der Waals surface area (Å²) in [5, 5.41) is 9.81. The molecule has 72 valence electrons. The molecule has 0 radical (unpaired) electrons. The molecule has 0 spiro atoms. The highest BCUT2D eigenvalue weighted by molar-refractivity contribution is 6.30. The van der Waals surface area contributed by atoms with Crippen LogP contribution in [0.25, 0.3) is 0 Å². The monoisotopic (exact) mass is 206 g/mol. The zero-order chi connectivity index (χ0) is 10.1. The van der Waals surface area contributed by atoms with Gasteiger partial charge in [0.2, 0.25) is 0 Å². The molecule has 0 heterocycles. The van der Waals surface area contributed by atoms with E-state index in [1.807, 2.05) is 0 Å². The predicted octanol–water partition coefficient (Wildman–Crippen LogP) is 2.81. The second-order valence-corrected chi connectivity index (χ2v) is 3.39. The van der Waals surface area contributed by atoms with Gasteiger partial charge in [0.05, 0.1) is 0 Å². The summed E-state index contributed by atoms with van der Waals surface area (Å²) < 4.78 is 24.6. The average molecular weight is 207 g/mol. The Morgan fingerprint density at radius 2 is 1.77 bits per heavy atom. The standard InChI is InChI=1S/C9H9ClF2O/c1-9(13,8(11)12)6-2-4-7(10)5-3-6/h2-5,8,13H,1H3. The normalized spacial score (nSPS) is 15.8. The first-order chi connectivity index (χ1) is 5.94. The van der Waals surface area contributed by atoms with Crippen molar-refractivity contribution in [1.82, 2.24) is 0 Å². The molecule has 0 fully saturated rings. The predicted molar refractivity (Wildman–Crippen MR) is 47.0 cm³/mol. The molecule has 0 aliphatic heterocycles. The fraction of sp³-hybridized carbons (Fsp3) is 0.333. The molecule has 1 unspecified atom stereocenters. The number of hydrogen-bond acceptors (Lipinski definition) is 1. The summed E-state index contributed by atoms with van der Waals surface area (Å²) >= 11 is 5.57. The number of benzene rings is 1. The summed E-state index contributed by atoms with van der Waals surface area (Å²) in [6.07, 6.45) is -2.81. The van der Waals surface area contributed by atoms with Gasteiger partial charge in [0.15, 0.2) is 0 Å². The molecule has 0 aliphatic carbocycles. The molecular weight excluding hydrogens is 198 g/mol. The van der Waals surface area contributed by atoms with E-state index in [-0.39, 0.29) is 5.56 Å². The van der Waals surface area contributed by atoms with Crippen molar-refractivity contribution in [3.63, 3.8) is 0 Å². The lowest BCUT2D eigenvalue weighted by molar-refractivity contribution is -0.0883. The molecule has 0 bridgehead atoms. The largest absolute Gasteiger partial charge is 0.379 e. The number of halogens is 3. The molecule has 1 aromatic rings. The van der Waals surface area contributed by atoms with Crippen molar-refractivity contribution in [2.75, 3.05) is 0 Å². The van der Waals surface area contributed by atoms with E-state index in [0.29, 0.717) is 5.02 Å². The molecule has 0 aliphatic rings. The highest BCUT2D eigenvalue weighted by Crippen LogP contribution is 2.28. The Morgan fingerprint density at radius 3 is 2.15 bits per heavy atom. The zero-order valence-electron chi connectivity index (χ0n) is 6.97. The van der Waals surface area contributed by atoms with Crippen LogP contribution in [0.5, 0.6) is 0 Å². The summed E-state index contributed by atoms with van der Waals surface area (Å²) in [7, 11) is 0. The quantitative estimate of drug-likeness (QED) is 0.789. The average Bonchev–Trinajstić information content (AvgIpc) is 2.04. The van der Waals surface area contributed by atoms with Crippen LogP contribution in [0.1, 0.15) is 12.5 Å². The summed E-state index contributed by atoms with van der Waals surface area (Å²) in [6.45, 7) is 1.07. The minimum atomic E-state index is -2.81. The summed E-state index contributed by atoms with van der Waals surface area (Å²) in [6, 6.07) is 5.70. The van der Waals surface area contributed by atoms with Gasteiger partial charge in [-0.25, -0.2) is 8.78 Å². The fourth-order valence-corrected chi connectivity index (χ4v) is 1.04. The number of rotatable bonds is 2. The third-order valence-corrected chi connectivity index (χ3v) is 2.11. The molecule has 1 atom stereocenters. The molecule has 1 rings (SSSR count). The minimum Gasteiger partial charge on any atom is -0.379 e. The Bertz CT molecular complexity index is 282. The van der Waals surface area contributed by atoms with Crippen LogP contribution in [-0.4, -0.2) is 11.5 Å². The Morgan fingerprint density at radius 1 is 1.31 bits per heavy atom. The van der Waals surface area contributed by atoms with Gasteiger partial charge in [0.25, 0.3) is 6.43 Å². The molecule has 0 saturated heterocycles. The van der Waals surface area contributed by atoms with Gasteiger partial charge in [-0.05, 0) is 24.6 Å². The van der Waals surface area contributed by atoms with E-state index in [1.165, 1.54) is 24.3 Å². The molecule has 0 amide bonds. The lowest BCUT2D eigenvalue weighted by Gasteiger charge is -2.22.